The topological polar surface area (TPSA) is 60.7 Å². The molecule has 6 heteroatoms. The third kappa shape index (κ3) is 3.89. The quantitative estimate of drug-likeness (QED) is 0.782. The Bertz CT molecular complexity index is 560. The van der Waals surface area contributed by atoms with Crippen molar-refractivity contribution in [2.24, 2.45) is 5.41 Å². The van der Waals surface area contributed by atoms with E-state index in [0.717, 1.165) is 0 Å². The molecule has 0 saturated carbocycles. The first-order chi connectivity index (χ1) is 9.46. The van der Waals surface area contributed by atoms with Gasteiger partial charge in [0.15, 0.2) is 11.2 Å². The molecule has 0 unspecified atom stereocenters. The molecule has 3 nitrogen and oxygen atoms in total. The maximum Gasteiger partial charge on any atom is 0.301 e. The second kappa shape index (κ2) is 6.81. The van der Waals surface area contributed by atoms with Gasteiger partial charge in [0, 0.05) is 19.3 Å². The highest BCUT2D eigenvalue weighted by molar-refractivity contribution is 5.21. The molecule has 1 heterocycles. The minimum absolute atomic E-state index is 0.0544. The maximum absolute atomic E-state index is 12.8. The molecule has 0 amide bonds. The van der Waals surface area contributed by atoms with Gasteiger partial charge in [0.2, 0.25) is 0 Å². The fraction of sp³-hybridized carbons (Fsp3) is 0.429. The van der Waals surface area contributed by atoms with Crippen LogP contribution in [0.1, 0.15) is 31.3 Å². The first-order valence-electron chi connectivity index (χ1n) is 6.06. The average molecular weight is 282 g/mol. The van der Waals surface area contributed by atoms with Crippen molar-refractivity contribution in [1.82, 2.24) is 0 Å². The Morgan fingerprint density at radius 2 is 1.80 bits per heavy atom. The van der Waals surface area contributed by atoms with Crippen LogP contribution in [0.2, 0.25) is 0 Å². The van der Waals surface area contributed by atoms with E-state index in [4.69, 9.17) is 14.9 Å². The average Bonchev–Trinajstić information content (AvgIpc) is 2.90. The van der Waals surface area contributed by atoms with Crippen LogP contribution in [0.15, 0.2) is 28.5 Å². The minimum Gasteiger partial charge on any atom is -0.466 e. The fourth-order valence-electron chi connectivity index (χ4n) is 1.73. The molecule has 1 aromatic heterocycles. The lowest BCUT2D eigenvalue weighted by Gasteiger charge is -2.16. The fourth-order valence-corrected chi connectivity index (χ4v) is 1.73. The van der Waals surface area contributed by atoms with Gasteiger partial charge in [0.1, 0.15) is 11.5 Å². The van der Waals surface area contributed by atoms with Crippen LogP contribution in [-0.4, -0.2) is 0 Å². The summed E-state index contributed by atoms with van der Waals surface area (Å²) in [6.45, 7) is 1.88. The van der Waals surface area contributed by atoms with Gasteiger partial charge in [-0.15, -0.1) is 0 Å². The van der Waals surface area contributed by atoms with Gasteiger partial charge in [0.05, 0.1) is 12.1 Å². The van der Waals surface area contributed by atoms with Crippen LogP contribution in [0.4, 0.5) is 13.2 Å². The standard InChI is InChI=1S/C14H13F3N2O/c1-2-10-3-4-11(20-10)7-14(8-18,9-19)6-5-12(15)13(16)17/h3-4H,2,5-7H2,1H3. The van der Waals surface area contributed by atoms with Crippen LogP contribution in [0.3, 0.4) is 0 Å². The zero-order valence-electron chi connectivity index (χ0n) is 10.9. The number of halogens is 3. The van der Waals surface area contributed by atoms with Crippen molar-refractivity contribution in [3.8, 4) is 12.1 Å². The van der Waals surface area contributed by atoms with Crippen molar-refractivity contribution >= 4 is 0 Å². The molecule has 0 spiro atoms. The molecule has 0 saturated heterocycles. The van der Waals surface area contributed by atoms with Gasteiger partial charge in [0.25, 0.3) is 0 Å². The largest absolute Gasteiger partial charge is 0.466 e. The summed E-state index contributed by atoms with van der Waals surface area (Å²) in [5, 5.41) is 18.2. The highest BCUT2D eigenvalue weighted by Gasteiger charge is 2.32. The van der Waals surface area contributed by atoms with Gasteiger partial charge in [-0.1, -0.05) is 6.92 Å². The summed E-state index contributed by atoms with van der Waals surface area (Å²) in [5.41, 5.74) is -1.57. The summed E-state index contributed by atoms with van der Waals surface area (Å²) in [5.74, 6) is -0.478. The van der Waals surface area contributed by atoms with E-state index >= 15 is 0 Å². The highest BCUT2D eigenvalue weighted by Crippen LogP contribution is 2.31. The Hall–Kier alpha value is -2.21. The van der Waals surface area contributed by atoms with E-state index in [1.54, 1.807) is 24.3 Å². The van der Waals surface area contributed by atoms with Gasteiger partial charge in [-0.25, -0.2) is 4.39 Å². The van der Waals surface area contributed by atoms with E-state index in [2.05, 4.69) is 0 Å². The smallest absolute Gasteiger partial charge is 0.301 e. The van der Waals surface area contributed by atoms with Crippen molar-refractivity contribution in [3.63, 3.8) is 0 Å². The lowest BCUT2D eigenvalue weighted by molar-refractivity contribution is 0.347. The number of nitriles is 2. The third-order valence-corrected chi connectivity index (χ3v) is 2.95. The molecule has 0 fully saturated rings. The molecule has 106 valence electrons. The van der Waals surface area contributed by atoms with Gasteiger partial charge < -0.3 is 4.42 Å². The Balaban J connectivity index is 2.85. The van der Waals surface area contributed by atoms with Crippen molar-refractivity contribution in [3.05, 3.63) is 35.6 Å². The van der Waals surface area contributed by atoms with Gasteiger partial charge >= 0.3 is 6.08 Å². The van der Waals surface area contributed by atoms with Crippen molar-refractivity contribution in [1.29, 1.82) is 10.5 Å². The Labute approximate surface area is 114 Å². The molecular weight excluding hydrogens is 269 g/mol. The normalized spacial score (nSPS) is 10.7. The van der Waals surface area contributed by atoms with Crippen LogP contribution < -0.4 is 0 Å². The molecule has 1 aromatic rings. The summed E-state index contributed by atoms with van der Waals surface area (Å²) >= 11 is 0. The van der Waals surface area contributed by atoms with E-state index in [1.165, 1.54) is 0 Å². The third-order valence-electron chi connectivity index (χ3n) is 2.95. The molecule has 1 rings (SSSR count). The maximum atomic E-state index is 12.8. The zero-order valence-corrected chi connectivity index (χ0v) is 10.9. The summed E-state index contributed by atoms with van der Waals surface area (Å²) in [7, 11) is 0. The number of furan rings is 1. The molecule has 0 radical (unpaired) electrons. The van der Waals surface area contributed by atoms with Crippen LogP contribution in [0, 0.1) is 28.1 Å². The van der Waals surface area contributed by atoms with Crippen LogP contribution >= 0.6 is 0 Å². The predicted molar refractivity (Wildman–Crippen MR) is 65.0 cm³/mol. The Morgan fingerprint density at radius 3 is 2.25 bits per heavy atom. The second-order valence-electron chi connectivity index (χ2n) is 4.37. The van der Waals surface area contributed by atoms with E-state index in [-0.39, 0.29) is 12.8 Å². The van der Waals surface area contributed by atoms with Gasteiger partial charge in [-0.2, -0.15) is 19.3 Å². The second-order valence-corrected chi connectivity index (χ2v) is 4.37. The van der Waals surface area contributed by atoms with Crippen LogP contribution in [-0.2, 0) is 12.8 Å². The predicted octanol–water partition coefficient (Wildman–Crippen LogP) is 4.28. The van der Waals surface area contributed by atoms with Crippen molar-refractivity contribution < 1.29 is 17.6 Å². The van der Waals surface area contributed by atoms with Gasteiger partial charge in [-0.3, -0.25) is 0 Å². The Morgan fingerprint density at radius 1 is 1.20 bits per heavy atom. The number of hydrogen-bond acceptors (Lipinski definition) is 3. The summed E-state index contributed by atoms with van der Waals surface area (Å²) in [6, 6.07) is 6.91. The van der Waals surface area contributed by atoms with E-state index in [1.807, 2.05) is 6.92 Å². The van der Waals surface area contributed by atoms with Crippen LogP contribution in [0.5, 0.6) is 0 Å². The first kappa shape index (κ1) is 15.8. The zero-order chi connectivity index (χ0) is 15.2. The summed E-state index contributed by atoms with van der Waals surface area (Å²) < 4.78 is 42.2. The molecule has 0 aromatic carbocycles. The lowest BCUT2D eigenvalue weighted by Crippen LogP contribution is -2.19. The van der Waals surface area contributed by atoms with Crippen LogP contribution in [0.25, 0.3) is 0 Å². The molecular formula is C14H13F3N2O. The molecule has 0 aliphatic heterocycles. The minimum atomic E-state index is -2.42. The van der Waals surface area contributed by atoms with E-state index in [9.17, 15) is 13.2 Å². The van der Waals surface area contributed by atoms with Crippen molar-refractivity contribution in [2.75, 3.05) is 0 Å². The molecule has 0 atom stereocenters. The molecule has 0 aliphatic carbocycles. The summed E-state index contributed by atoms with van der Waals surface area (Å²) in [4.78, 5) is 0. The van der Waals surface area contributed by atoms with E-state index in [0.29, 0.717) is 17.9 Å². The number of nitrogens with zero attached hydrogens (tertiary/aromatic N) is 2. The highest BCUT2D eigenvalue weighted by atomic mass is 19.3. The first-order valence-corrected chi connectivity index (χ1v) is 6.06. The number of rotatable bonds is 6. The summed E-state index contributed by atoms with van der Waals surface area (Å²) in [6.07, 6.45) is -2.77. The Kier molecular flexibility index (Phi) is 5.40. The monoisotopic (exact) mass is 282 g/mol. The van der Waals surface area contributed by atoms with Crippen molar-refractivity contribution in [2.45, 2.75) is 32.6 Å². The number of hydrogen-bond donors (Lipinski definition) is 0. The number of aryl methyl sites for hydroxylation is 1. The molecule has 0 bridgehead atoms. The molecule has 20 heavy (non-hydrogen) atoms. The molecule has 0 N–H and O–H groups in total. The lowest BCUT2D eigenvalue weighted by atomic mass is 9.82. The van der Waals surface area contributed by atoms with E-state index < -0.39 is 23.7 Å². The number of allylic oxidation sites excluding steroid dienone is 1. The van der Waals surface area contributed by atoms with Gasteiger partial charge in [-0.05, 0) is 18.6 Å². The SMILES string of the molecule is CCc1ccc(CC(C#N)(C#N)CCC(F)=C(F)F)o1. The molecule has 0 aliphatic rings.